The van der Waals surface area contributed by atoms with Crippen molar-refractivity contribution in [3.8, 4) is 0 Å². The van der Waals surface area contributed by atoms with Crippen molar-refractivity contribution in [1.29, 1.82) is 0 Å². The molecule has 3 heteroatoms. The van der Waals surface area contributed by atoms with Crippen LogP contribution in [0, 0.1) is 0 Å². The summed E-state index contributed by atoms with van der Waals surface area (Å²) < 4.78 is 3.22. The van der Waals surface area contributed by atoms with E-state index in [9.17, 15) is 0 Å². The third kappa shape index (κ3) is 1.84. The van der Waals surface area contributed by atoms with Crippen LogP contribution in [-0.4, -0.2) is 12.3 Å². The van der Waals surface area contributed by atoms with Gasteiger partial charge in [0.15, 0.2) is 0 Å². The Kier molecular flexibility index (Phi) is 2.22. The lowest BCUT2D eigenvalue weighted by molar-refractivity contribution is 0.751. The van der Waals surface area contributed by atoms with Crippen LogP contribution in [-0.2, 0) is 20.8 Å². The normalized spacial score (nSPS) is 32.9. The van der Waals surface area contributed by atoms with Gasteiger partial charge in [0.25, 0.3) is 0 Å². The van der Waals surface area contributed by atoms with E-state index in [0.717, 1.165) is 6.54 Å². The minimum atomic E-state index is 0.143. The van der Waals surface area contributed by atoms with Gasteiger partial charge in [-0.25, -0.2) is 0 Å². The van der Waals surface area contributed by atoms with Crippen LogP contribution in [0.2, 0.25) is 0 Å². The van der Waals surface area contributed by atoms with Crippen molar-refractivity contribution >= 4 is 20.8 Å². The summed E-state index contributed by atoms with van der Waals surface area (Å²) in [6.45, 7) is 1.15. The van der Waals surface area contributed by atoms with Gasteiger partial charge in [-0.05, 0) is 24.0 Å². The Morgan fingerprint density at radius 1 is 1.43 bits per heavy atom. The van der Waals surface area contributed by atoms with Crippen LogP contribution in [0.1, 0.15) is 12.8 Å². The summed E-state index contributed by atoms with van der Waals surface area (Å²) >= 11 is 5.01. The van der Waals surface area contributed by atoms with E-state index >= 15 is 0 Å². The molecule has 1 nitrogen and oxygen atoms in total. The van der Waals surface area contributed by atoms with Crippen molar-refractivity contribution in [1.82, 2.24) is 4.72 Å². The molecule has 0 bridgehead atoms. The van der Waals surface area contributed by atoms with Gasteiger partial charge in [0, 0.05) is 12.3 Å². The van der Waals surface area contributed by atoms with Crippen LogP contribution in [0.4, 0.5) is 0 Å². The maximum Gasteiger partial charge on any atom is 0.0116 e. The molecule has 1 heterocycles. The fourth-order valence-corrected chi connectivity index (χ4v) is 2.20. The zero-order valence-electron chi connectivity index (χ0n) is 4.14. The predicted molar refractivity (Wildman–Crippen MR) is 36.8 cm³/mol. The monoisotopic (exact) mass is 135 g/mol. The summed E-state index contributed by atoms with van der Waals surface area (Å²) in [6, 6.07) is 0. The molecule has 1 aliphatic rings. The Labute approximate surface area is 51.2 Å². The lowest BCUT2D eigenvalue weighted by Crippen LogP contribution is -2.25. The van der Waals surface area contributed by atoms with Crippen molar-refractivity contribution in [2.45, 2.75) is 12.8 Å². The van der Waals surface area contributed by atoms with Gasteiger partial charge in [0.1, 0.15) is 0 Å². The Morgan fingerprint density at radius 2 is 2.29 bits per heavy atom. The van der Waals surface area contributed by atoms with Gasteiger partial charge < -0.3 is 0 Å². The van der Waals surface area contributed by atoms with Crippen LogP contribution in [0.3, 0.4) is 0 Å². The van der Waals surface area contributed by atoms with Gasteiger partial charge in [0.05, 0.1) is 0 Å². The Balaban J connectivity index is 2.25. The summed E-state index contributed by atoms with van der Waals surface area (Å²) in [6.07, 6.45) is 2.65. The third-order valence-corrected chi connectivity index (χ3v) is 3.06. The summed E-state index contributed by atoms with van der Waals surface area (Å²) in [7, 11) is 0.143. The zero-order valence-corrected chi connectivity index (χ0v) is 5.78. The van der Waals surface area contributed by atoms with E-state index in [1.54, 1.807) is 0 Å². The number of hydrogen-bond donors (Lipinski definition) is 1. The molecule has 0 aliphatic carbocycles. The third-order valence-electron chi connectivity index (χ3n) is 1.02. The van der Waals surface area contributed by atoms with E-state index in [1.807, 2.05) is 0 Å². The Morgan fingerprint density at radius 3 is 2.57 bits per heavy atom. The first-order valence-electron chi connectivity index (χ1n) is 2.51. The second-order valence-corrected chi connectivity index (χ2v) is 4.25. The fraction of sp³-hybridized carbons (Fsp3) is 1.00. The molecule has 7 heavy (non-hydrogen) atoms. The van der Waals surface area contributed by atoms with E-state index in [-0.39, 0.29) is 9.64 Å². The van der Waals surface area contributed by atoms with Gasteiger partial charge in [0.2, 0.25) is 0 Å². The summed E-state index contributed by atoms with van der Waals surface area (Å²) in [5.41, 5.74) is 0. The number of nitrogens with one attached hydrogen (secondary N) is 1. The first-order chi connectivity index (χ1) is 3.39. The zero-order chi connectivity index (χ0) is 5.11. The van der Waals surface area contributed by atoms with Crippen molar-refractivity contribution in [3.63, 3.8) is 0 Å². The van der Waals surface area contributed by atoms with Crippen molar-refractivity contribution in [3.05, 3.63) is 0 Å². The standard InChI is InChI=1S/C4H9NS2/c6-7-4-2-1-3-5-7/h5H,1-4H2. The predicted octanol–water partition coefficient (Wildman–Crippen LogP) is 0.365. The molecule has 0 radical (unpaired) electrons. The van der Waals surface area contributed by atoms with Crippen LogP contribution >= 0.6 is 0 Å². The molecule has 0 spiro atoms. The largest absolute Gasteiger partial charge is 0.261 e. The topological polar surface area (TPSA) is 12.0 Å². The Hall–Kier alpha value is 0.530. The minimum absolute atomic E-state index is 0.143. The Bertz CT molecular complexity index is 73.8. The number of hydrogen-bond acceptors (Lipinski definition) is 1. The first kappa shape index (κ1) is 5.66. The highest BCUT2D eigenvalue weighted by Crippen LogP contribution is 1.95. The maximum absolute atomic E-state index is 5.01. The van der Waals surface area contributed by atoms with Crippen LogP contribution in [0.25, 0.3) is 0 Å². The van der Waals surface area contributed by atoms with Gasteiger partial charge in [-0.2, -0.15) is 0 Å². The quantitative estimate of drug-likeness (QED) is 0.515. The minimum Gasteiger partial charge on any atom is -0.261 e. The summed E-state index contributed by atoms with van der Waals surface area (Å²) in [4.78, 5) is 0. The molecular formula is C4H9NS2. The summed E-state index contributed by atoms with van der Waals surface area (Å²) in [5.74, 6) is 1.22. The number of rotatable bonds is 0. The lowest BCUT2D eigenvalue weighted by atomic mass is 10.3. The lowest BCUT2D eigenvalue weighted by Gasteiger charge is -2.11. The molecule has 1 rings (SSSR count). The van der Waals surface area contributed by atoms with Crippen molar-refractivity contribution in [2.24, 2.45) is 0 Å². The van der Waals surface area contributed by atoms with Crippen LogP contribution < -0.4 is 4.72 Å². The van der Waals surface area contributed by atoms with E-state index < -0.39 is 0 Å². The highest BCUT2D eigenvalue weighted by molar-refractivity contribution is 8.27. The molecule has 1 unspecified atom stereocenters. The van der Waals surface area contributed by atoms with E-state index in [4.69, 9.17) is 11.2 Å². The molecule has 1 aliphatic heterocycles. The molecular weight excluding hydrogens is 126 g/mol. The first-order valence-corrected chi connectivity index (χ1v) is 4.83. The molecule has 0 saturated carbocycles. The van der Waals surface area contributed by atoms with Crippen LogP contribution in [0.5, 0.6) is 0 Å². The van der Waals surface area contributed by atoms with Gasteiger partial charge >= 0.3 is 0 Å². The smallest absolute Gasteiger partial charge is 0.0116 e. The average Bonchev–Trinajstić information content (AvgIpc) is 1.69. The second kappa shape index (κ2) is 2.74. The molecule has 1 fully saturated rings. The molecule has 0 aromatic carbocycles. The van der Waals surface area contributed by atoms with Gasteiger partial charge in [-0.15, -0.1) is 0 Å². The summed E-state index contributed by atoms with van der Waals surface area (Å²) in [5, 5.41) is 0. The van der Waals surface area contributed by atoms with Gasteiger partial charge in [-0.3, -0.25) is 4.72 Å². The molecule has 0 aromatic rings. The van der Waals surface area contributed by atoms with E-state index in [2.05, 4.69) is 4.72 Å². The molecule has 1 saturated heterocycles. The maximum atomic E-state index is 5.01. The second-order valence-electron chi connectivity index (χ2n) is 1.65. The molecule has 0 aromatic heterocycles. The van der Waals surface area contributed by atoms with Crippen LogP contribution in [0.15, 0.2) is 0 Å². The SMILES string of the molecule is S=S1CCCCN1. The van der Waals surface area contributed by atoms with E-state index in [1.165, 1.54) is 18.6 Å². The average molecular weight is 135 g/mol. The molecule has 42 valence electrons. The van der Waals surface area contributed by atoms with Crippen molar-refractivity contribution < 1.29 is 0 Å². The molecule has 1 N–H and O–H groups in total. The van der Waals surface area contributed by atoms with Crippen molar-refractivity contribution in [2.75, 3.05) is 12.3 Å². The molecule has 0 amide bonds. The highest BCUT2D eigenvalue weighted by Gasteiger charge is 1.99. The van der Waals surface area contributed by atoms with Gasteiger partial charge in [-0.1, -0.05) is 9.64 Å². The highest BCUT2D eigenvalue weighted by atomic mass is 32.8. The molecule has 1 atom stereocenters. The van der Waals surface area contributed by atoms with E-state index in [0.29, 0.717) is 0 Å². The fourth-order valence-electron chi connectivity index (χ4n) is 0.616.